The van der Waals surface area contributed by atoms with Gasteiger partial charge in [0.05, 0.1) is 11.9 Å². The first-order valence-corrected chi connectivity index (χ1v) is 11.8. The van der Waals surface area contributed by atoms with Gasteiger partial charge in [-0.05, 0) is 42.6 Å². The molecule has 0 bridgehead atoms. The maximum Gasteiger partial charge on any atom is 0.260 e. The Bertz CT molecular complexity index is 1330. The molecular formula is C25H23N3O3S. The Kier molecular flexibility index (Phi) is 4.92. The van der Waals surface area contributed by atoms with Crippen molar-refractivity contribution < 1.29 is 9.47 Å². The van der Waals surface area contributed by atoms with Gasteiger partial charge in [-0.1, -0.05) is 36.4 Å². The molecule has 0 spiro atoms. The molecule has 1 N–H and O–H groups in total. The summed E-state index contributed by atoms with van der Waals surface area (Å²) in [6, 6.07) is 16.5. The number of rotatable bonds is 4. The number of nitrogens with one attached hydrogen (secondary N) is 1. The first-order valence-electron chi connectivity index (χ1n) is 11.0. The Morgan fingerprint density at radius 1 is 1.09 bits per heavy atom. The molecular weight excluding hydrogens is 422 g/mol. The van der Waals surface area contributed by atoms with Gasteiger partial charge in [-0.3, -0.25) is 9.69 Å². The van der Waals surface area contributed by atoms with Crippen molar-refractivity contribution in [3.8, 4) is 22.6 Å². The lowest BCUT2D eigenvalue weighted by atomic mass is 10.0. The normalized spacial score (nSPS) is 18.3. The second-order valence-corrected chi connectivity index (χ2v) is 9.10. The minimum Gasteiger partial charge on any atom is -0.486 e. The summed E-state index contributed by atoms with van der Waals surface area (Å²) in [7, 11) is 0. The summed E-state index contributed by atoms with van der Waals surface area (Å²) in [5, 5.41) is 2.70. The van der Waals surface area contributed by atoms with Crippen molar-refractivity contribution in [2.45, 2.75) is 25.4 Å². The highest BCUT2D eigenvalue weighted by Crippen LogP contribution is 2.38. The van der Waals surface area contributed by atoms with Gasteiger partial charge in [0.1, 0.15) is 23.9 Å². The van der Waals surface area contributed by atoms with Crippen LogP contribution in [0.15, 0.2) is 58.7 Å². The number of ether oxygens (including phenoxy) is 2. The summed E-state index contributed by atoms with van der Waals surface area (Å²) in [5.74, 6) is 2.35. The Morgan fingerprint density at radius 2 is 1.94 bits per heavy atom. The molecule has 4 heterocycles. The van der Waals surface area contributed by atoms with Crippen LogP contribution in [0.1, 0.15) is 30.3 Å². The second kappa shape index (κ2) is 8.07. The zero-order chi connectivity index (χ0) is 21.5. The predicted octanol–water partition coefficient (Wildman–Crippen LogP) is 4.76. The van der Waals surface area contributed by atoms with Crippen molar-refractivity contribution >= 4 is 21.6 Å². The van der Waals surface area contributed by atoms with Crippen LogP contribution in [0.25, 0.3) is 21.3 Å². The first-order chi connectivity index (χ1) is 15.8. The molecule has 2 aliphatic rings. The fourth-order valence-corrected chi connectivity index (χ4v) is 5.72. The molecule has 2 aromatic heterocycles. The Hall–Kier alpha value is -3.16. The van der Waals surface area contributed by atoms with Crippen molar-refractivity contribution in [2.75, 3.05) is 19.8 Å². The smallest absolute Gasteiger partial charge is 0.260 e. The number of fused-ring (bicyclic) bond motifs is 2. The number of H-pyrrole nitrogens is 1. The van der Waals surface area contributed by atoms with E-state index in [0.717, 1.165) is 46.8 Å². The molecule has 2 aromatic carbocycles. The molecule has 6 rings (SSSR count). The summed E-state index contributed by atoms with van der Waals surface area (Å²) in [6.07, 6.45) is 2.19. The number of thiophene rings is 1. The van der Waals surface area contributed by atoms with Gasteiger partial charge < -0.3 is 14.5 Å². The van der Waals surface area contributed by atoms with Crippen LogP contribution in [0, 0.1) is 0 Å². The van der Waals surface area contributed by atoms with Crippen LogP contribution in [0.5, 0.6) is 11.5 Å². The SMILES string of the molecule is O=c1[nH]c(CN2CCCC2c2ccc3c(c2)OCCO3)nc2scc(-c3ccccc3)c12. The van der Waals surface area contributed by atoms with Gasteiger partial charge in [0, 0.05) is 17.0 Å². The third-order valence-electron chi connectivity index (χ3n) is 6.25. The molecule has 4 aromatic rings. The van der Waals surface area contributed by atoms with Gasteiger partial charge in [-0.2, -0.15) is 0 Å². The van der Waals surface area contributed by atoms with E-state index < -0.39 is 0 Å². The third kappa shape index (κ3) is 3.47. The molecule has 32 heavy (non-hydrogen) atoms. The van der Waals surface area contributed by atoms with E-state index in [1.54, 1.807) is 0 Å². The van der Waals surface area contributed by atoms with Gasteiger partial charge >= 0.3 is 0 Å². The monoisotopic (exact) mass is 445 g/mol. The van der Waals surface area contributed by atoms with Gasteiger partial charge in [0.2, 0.25) is 0 Å². The van der Waals surface area contributed by atoms with Crippen LogP contribution < -0.4 is 15.0 Å². The van der Waals surface area contributed by atoms with Crippen molar-refractivity contribution in [1.29, 1.82) is 0 Å². The maximum atomic E-state index is 13.0. The van der Waals surface area contributed by atoms with Crippen molar-refractivity contribution in [3.05, 3.63) is 75.7 Å². The highest BCUT2D eigenvalue weighted by atomic mass is 32.1. The first kappa shape index (κ1) is 19.5. The number of aromatic nitrogens is 2. The van der Waals surface area contributed by atoms with Crippen molar-refractivity contribution in [2.24, 2.45) is 0 Å². The number of aromatic amines is 1. The lowest BCUT2D eigenvalue weighted by molar-refractivity contribution is 0.170. The predicted molar refractivity (Wildman–Crippen MR) is 125 cm³/mol. The van der Waals surface area contributed by atoms with Gasteiger partial charge in [0.15, 0.2) is 11.5 Å². The van der Waals surface area contributed by atoms with E-state index in [-0.39, 0.29) is 11.6 Å². The molecule has 162 valence electrons. The molecule has 1 fully saturated rings. The minimum atomic E-state index is -0.0693. The fourth-order valence-electron chi connectivity index (χ4n) is 4.75. The van der Waals surface area contributed by atoms with Gasteiger partial charge in [-0.25, -0.2) is 4.98 Å². The average Bonchev–Trinajstić information content (AvgIpc) is 3.47. The Morgan fingerprint density at radius 3 is 2.81 bits per heavy atom. The van der Waals surface area contributed by atoms with Crippen LogP contribution in [-0.2, 0) is 6.54 Å². The number of nitrogens with zero attached hydrogens (tertiary/aromatic N) is 2. The van der Waals surface area contributed by atoms with Crippen LogP contribution >= 0.6 is 11.3 Å². The zero-order valence-corrected chi connectivity index (χ0v) is 18.4. The lowest BCUT2D eigenvalue weighted by Crippen LogP contribution is -2.26. The van der Waals surface area contributed by atoms with E-state index in [1.165, 1.54) is 16.9 Å². The van der Waals surface area contributed by atoms with Crippen LogP contribution in [0.3, 0.4) is 0 Å². The fraction of sp³-hybridized carbons (Fsp3) is 0.280. The zero-order valence-electron chi connectivity index (χ0n) is 17.5. The van der Waals surface area contributed by atoms with Gasteiger partial charge in [-0.15, -0.1) is 11.3 Å². The molecule has 0 amide bonds. The Balaban J connectivity index is 1.29. The summed E-state index contributed by atoms with van der Waals surface area (Å²) >= 11 is 1.53. The third-order valence-corrected chi connectivity index (χ3v) is 7.12. The molecule has 0 aliphatic carbocycles. The molecule has 1 saturated heterocycles. The average molecular weight is 446 g/mol. The van der Waals surface area contributed by atoms with Gasteiger partial charge in [0.25, 0.3) is 5.56 Å². The van der Waals surface area contributed by atoms with E-state index in [4.69, 9.17) is 14.5 Å². The van der Waals surface area contributed by atoms with E-state index >= 15 is 0 Å². The minimum absolute atomic E-state index is 0.0693. The van der Waals surface area contributed by atoms with E-state index in [2.05, 4.69) is 22.0 Å². The number of likely N-dealkylation sites (tertiary alicyclic amines) is 1. The summed E-state index contributed by atoms with van der Waals surface area (Å²) in [5.41, 5.74) is 3.14. The molecule has 6 nitrogen and oxygen atoms in total. The van der Waals surface area contributed by atoms with Crippen molar-refractivity contribution in [3.63, 3.8) is 0 Å². The molecule has 0 radical (unpaired) electrons. The highest BCUT2D eigenvalue weighted by molar-refractivity contribution is 7.17. The topological polar surface area (TPSA) is 67.5 Å². The van der Waals surface area contributed by atoms with E-state index in [1.807, 2.05) is 41.8 Å². The summed E-state index contributed by atoms with van der Waals surface area (Å²) < 4.78 is 11.4. The van der Waals surface area contributed by atoms with Crippen LogP contribution in [0.4, 0.5) is 0 Å². The van der Waals surface area contributed by atoms with Crippen LogP contribution in [-0.4, -0.2) is 34.6 Å². The summed E-state index contributed by atoms with van der Waals surface area (Å²) in [6.45, 7) is 2.77. The van der Waals surface area contributed by atoms with E-state index in [9.17, 15) is 4.79 Å². The highest BCUT2D eigenvalue weighted by Gasteiger charge is 2.28. The molecule has 1 unspecified atom stereocenters. The quantitative estimate of drug-likeness (QED) is 0.491. The largest absolute Gasteiger partial charge is 0.486 e. The summed E-state index contributed by atoms with van der Waals surface area (Å²) in [4.78, 5) is 24.1. The molecule has 7 heteroatoms. The number of hydrogen-bond donors (Lipinski definition) is 1. The number of hydrogen-bond acceptors (Lipinski definition) is 6. The maximum absolute atomic E-state index is 13.0. The molecule has 2 aliphatic heterocycles. The van der Waals surface area contributed by atoms with Crippen molar-refractivity contribution in [1.82, 2.24) is 14.9 Å². The molecule has 1 atom stereocenters. The van der Waals surface area contributed by atoms with Crippen LogP contribution in [0.2, 0.25) is 0 Å². The second-order valence-electron chi connectivity index (χ2n) is 8.24. The molecule has 0 saturated carbocycles. The number of benzene rings is 2. The lowest BCUT2D eigenvalue weighted by Gasteiger charge is -2.26. The Labute approximate surface area is 189 Å². The van der Waals surface area contributed by atoms with E-state index in [0.29, 0.717) is 31.0 Å². The standard InChI is InChI=1S/C25H23N3O3S/c29-24-23-18(16-5-2-1-3-6-16)15-32-25(23)27-22(26-24)14-28-10-4-7-19(28)17-8-9-20-21(13-17)31-12-11-30-20/h1-3,5-6,8-9,13,15,19H,4,7,10-12,14H2,(H,26,27,29).